The number of rotatable bonds is 6. The van der Waals surface area contributed by atoms with Crippen molar-refractivity contribution in [2.24, 2.45) is 5.92 Å². The highest BCUT2D eigenvalue weighted by molar-refractivity contribution is 5.82. The molecule has 0 saturated carbocycles. The van der Waals surface area contributed by atoms with Crippen LogP contribution in [0.3, 0.4) is 0 Å². The Kier molecular flexibility index (Phi) is 6.42. The van der Waals surface area contributed by atoms with Crippen molar-refractivity contribution in [1.29, 1.82) is 0 Å². The summed E-state index contributed by atoms with van der Waals surface area (Å²) in [5, 5.41) is 11.2. The monoisotopic (exact) mass is 213 g/mol. The average molecular weight is 213 g/mol. The van der Waals surface area contributed by atoms with E-state index < -0.39 is 5.97 Å². The summed E-state index contributed by atoms with van der Waals surface area (Å²) in [6, 6.07) is 0. The second kappa shape index (κ2) is 7.04. The molecule has 1 atom stereocenters. The first kappa shape index (κ1) is 13.7. The maximum atomic E-state index is 10.8. The molecule has 0 bridgehead atoms. The summed E-state index contributed by atoms with van der Waals surface area (Å²) in [6.45, 7) is 5.50. The molecule has 15 heavy (non-hydrogen) atoms. The van der Waals surface area contributed by atoms with Gasteiger partial charge in [-0.3, -0.25) is 4.79 Å². The van der Waals surface area contributed by atoms with Gasteiger partial charge in [0.1, 0.15) is 0 Å². The van der Waals surface area contributed by atoms with Gasteiger partial charge >= 0.3 is 5.97 Å². The molecule has 4 heteroatoms. The van der Waals surface area contributed by atoms with E-state index in [-0.39, 0.29) is 5.91 Å². The summed E-state index contributed by atoms with van der Waals surface area (Å²) < 4.78 is 0. The highest BCUT2D eigenvalue weighted by Gasteiger charge is 2.08. The number of hydrogen-bond donors (Lipinski definition) is 2. The number of amides is 1. The van der Waals surface area contributed by atoms with E-state index in [0.717, 1.165) is 18.9 Å². The first-order valence-electron chi connectivity index (χ1n) is 5.16. The minimum atomic E-state index is -1.03. The molecule has 0 unspecified atom stereocenters. The molecule has 0 radical (unpaired) electrons. The van der Waals surface area contributed by atoms with Gasteiger partial charge in [-0.2, -0.15) is 0 Å². The van der Waals surface area contributed by atoms with Crippen LogP contribution in [-0.2, 0) is 9.59 Å². The zero-order valence-corrected chi connectivity index (χ0v) is 9.54. The maximum Gasteiger partial charge on any atom is 0.330 e. The Morgan fingerprint density at radius 1 is 1.47 bits per heavy atom. The molecule has 0 fully saturated rings. The van der Waals surface area contributed by atoms with Gasteiger partial charge in [0.25, 0.3) is 0 Å². The van der Waals surface area contributed by atoms with Crippen molar-refractivity contribution in [2.45, 2.75) is 40.0 Å². The molecule has 0 saturated heterocycles. The second-order valence-corrected chi connectivity index (χ2v) is 3.79. The maximum absolute atomic E-state index is 10.8. The topological polar surface area (TPSA) is 66.4 Å². The minimum Gasteiger partial charge on any atom is -0.478 e. The van der Waals surface area contributed by atoms with Crippen molar-refractivity contribution in [2.75, 3.05) is 0 Å². The molecule has 1 amide bonds. The standard InChI is InChI=1S/C11H19NO3/c1-4-5-8(2)6-10(7-11(14)15)12-9(3)13/h7-8H,4-6H2,1-3H3,(H,12,13)(H,14,15)/t8-/m1/s1. The fraction of sp³-hybridized carbons (Fsp3) is 0.636. The molecule has 0 rings (SSSR count). The van der Waals surface area contributed by atoms with Gasteiger partial charge in [-0.25, -0.2) is 4.79 Å². The van der Waals surface area contributed by atoms with E-state index >= 15 is 0 Å². The van der Waals surface area contributed by atoms with Gasteiger partial charge in [-0.15, -0.1) is 0 Å². The summed E-state index contributed by atoms with van der Waals surface area (Å²) in [5.41, 5.74) is 0.482. The zero-order chi connectivity index (χ0) is 11.8. The van der Waals surface area contributed by atoms with Crippen LogP contribution in [0.2, 0.25) is 0 Å². The van der Waals surface area contributed by atoms with Crippen LogP contribution in [0.1, 0.15) is 40.0 Å². The van der Waals surface area contributed by atoms with Crippen molar-refractivity contribution in [3.63, 3.8) is 0 Å². The average Bonchev–Trinajstić information content (AvgIpc) is 2.00. The largest absolute Gasteiger partial charge is 0.478 e. The Morgan fingerprint density at radius 2 is 2.07 bits per heavy atom. The van der Waals surface area contributed by atoms with Crippen LogP contribution >= 0.6 is 0 Å². The molecule has 4 nitrogen and oxygen atoms in total. The number of hydrogen-bond acceptors (Lipinski definition) is 2. The quantitative estimate of drug-likeness (QED) is 0.662. The number of carboxylic acid groups (broad SMARTS) is 1. The predicted molar refractivity (Wildman–Crippen MR) is 58.2 cm³/mol. The van der Waals surface area contributed by atoms with E-state index in [2.05, 4.69) is 12.2 Å². The molecule has 0 spiro atoms. The molecule has 0 aliphatic rings. The third kappa shape index (κ3) is 7.73. The van der Waals surface area contributed by atoms with Gasteiger partial charge < -0.3 is 10.4 Å². The lowest BCUT2D eigenvalue weighted by atomic mass is 10.00. The Balaban J connectivity index is 4.37. The van der Waals surface area contributed by atoms with Crippen molar-refractivity contribution >= 4 is 11.9 Å². The fourth-order valence-electron chi connectivity index (χ4n) is 1.49. The molecule has 0 heterocycles. The number of nitrogens with one attached hydrogen (secondary N) is 1. The van der Waals surface area contributed by atoms with Crippen molar-refractivity contribution in [1.82, 2.24) is 5.32 Å². The second-order valence-electron chi connectivity index (χ2n) is 3.79. The van der Waals surface area contributed by atoms with Gasteiger partial charge in [-0.1, -0.05) is 26.7 Å². The van der Waals surface area contributed by atoms with E-state index in [1.807, 2.05) is 6.92 Å². The minimum absolute atomic E-state index is 0.230. The predicted octanol–water partition coefficient (Wildman–Crippen LogP) is 1.92. The number of allylic oxidation sites excluding steroid dienone is 1. The number of carbonyl (C=O) groups excluding carboxylic acids is 1. The summed E-state index contributed by atoms with van der Waals surface area (Å²) in [5.74, 6) is -0.874. The van der Waals surface area contributed by atoms with Gasteiger partial charge in [0.15, 0.2) is 0 Å². The highest BCUT2D eigenvalue weighted by Crippen LogP contribution is 2.14. The molecule has 0 aromatic carbocycles. The smallest absolute Gasteiger partial charge is 0.330 e. The lowest BCUT2D eigenvalue weighted by Crippen LogP contribution is -2.21. The summed E-state index contributed by atoms with van der Waals surface area (Å²) in [6.07, 6.45) is 3.74. The van der Waals surface area contributed by atoms with Crippen LogP contribution in [0.25, 0.3) is 0 Å². The van der Waals surface area contributed by atoms with E-state index in [9.17, 15) is 9.59 Å². The highest BCUT2D eigenvalue weighted by atomic mass is 16.4. The molecular weight excluding hydrogens is 194 g/mol. The Bertz CT molecular complexity index is 259. The van der Waals surface area contributed by atoms with Crippen LogP contribution in [0.4, 0.5) is 0 Å². The number of carboxylic acids is 1. The lowest BCUT2D eigenvalue weighted by molar-refractivity contribution is -0.131. The van der Waals surface area contributed by atoms with Crippen molar-refractivity contribution in [3.8, 4) is 0 Å². The van der Waals surface area contributed by atoms with Crippen LogP contribution in [-0.4, -0.2) is 17.0 Å². The van der Waals surface area contributed by atoms with E-state index in [0.29, 0.717) is 18.0 Å². The van der Waals surface area contributed by atoms with E-state index in [4.69, 9.17) is 5.11 Å². The first-order valence-corrected chi connectivity index (χ1v) is 5.16. The van der Waals surface area contributed by atoms with Crippen LogP contribution in [0.15, 0.2) is 11.8 Å². The number of carbonyl (C=O) groups is 2. The van der Waals surface area contributed by atoms with E-state index in [1.54, 1.807) is 0 Å². The molecule has 0 aromatic rings. The Hall–Kier alpha value is -1.32. The normalized spacial score (nSPS) is 13.4. The molecule has 2 N–H and O–H groups in total. The molecule has 0 aromatic heterocycles. The molecular formula is C11H19NO3. The van der Waals surface area contributed by atoms with Crippen LogP contribution in [0.5, 0.6) is 0 Å². The van der Waals surface area contributed by atoms with Gasteiger partial charge in [-0.05, 0) is 12.3 Å². The van der Waals surface area contributed by atoms with Crippen molar-refractivity contribution in [3.05, 3.63) is 11.8 Å². The van der Waals surface area contributed by atoms with Gasteiger partial charge in [0, 0.05) is 18.7 Å². The summed E-state index contributed by atoms with van der Waals surface area (Å²) in [7, 11) is 0. The third-order valence-corrected chi connectivity index (χ3v) is 1.98. The molecule has 0 aliphatic carbocycles. The Labute approximate surface area is 90.4 Å². The lowest BCUT2D eigenvalue weighted by Gasteiger charge is -2.13. The first-order chi connectivity index (χ1) is 6.95. The van der Waals surface area contributed by atoms with Crippen LogP contribution in [0, 0.1) is 5.92 Å². The Morgan fingerprint density at radius 3 is 2.47 bits per heavy atom. The summed E-state index contributed by atoms with van der Waals surface area (Å²) >= 11 is 0. The number of aliphatic carboxylic acids is 1. The van der Waals surface area contributed by atoms with E-state index in [1.165, 1.54) is 6.92 Å². The van der Waals surface area contributed by atoms with Crippen LogP contribution < -0.4 is 5.32 Å². The third-order valence-electron chi connectivity index (χ3n) is 1.98. The summed E-state index contributed by atoms with van der Waals surface area (Å²) in [4.78, 5) is 21.3. The zero-order valence-electron chi connectivity index (χ0n) is 9.54. The SMILES string of the molecule is CCC[C@@H](C)CC(=CC(=O)O)NC(C)=O. The van der Waals surface area contributed by atoms with Gasteiger partial charge in [0.2, 0.25) is 5.91 Å². The molecule has 0 aliphatic heterocycles. The fourth-order valence-corrected chi connectivity index (χ4v) is 1.49. The van der Waals surface area contributed by atoms with Crippen molar-refractivity contribution < 1.29 is 14.7 Å². The van der Waals surface area contributed by atoms with Gasteiger partial charge in [0.05, 0.1) is 0 Å². The molecule has 86 valence electrons.